The molecule has 0 atom stereocenters. The summed E-state index contributed by atoms with van der Waals surface area (Å²) < 4.78 is 0.812. The summed E-state index contributed by atoms with van der Waals surface area (Å²) >= 11 is 2.84. The second-order valence-electron chi connectivity index (χ2n) is 3.81. The van der Waals surface area contributed by atoms with E-state index in [1.54, 1.807) is 5.51 Å². The van der Waals surface area contributed by atoms with Crippen LogP contribution in [0, 0.1) is 13.8 Å². The van der Waals surface area contributed by atoms with Gasteiger partial charge in [-0.2, -0.15) is 0 Å². The van der Waals surface area contributed by atoms with E-state index in [1.807, 2.05) is 32.0 Å². The number of benzene rings is 1. The third-order valence-electron chi connectivity index (χ3n) is 2.41. The van der Waals surface area contributed by atoms with Crippen LogP contribution in [0.1, 0.15) is 11.1 Å². The summed E-state index contributed by atoms with van der Waals surface area (Å²) in [6.07, 6.45) is 0. The Morgan fingerprint density at radius 1 is 1.39 bits per heavy atom. The van der Waals surface area contributed by atoms with Crippen molar-refractivity contribution < 1.29 is 4.79 Å². The van der Waals surface area contributed by atoms with Gasteiger partial charge in [0.15, 0.2) is 4.34 Å². The SMILES string of the molecule is Cc1cccc(C)c1NC(=O)CSc1nncs1. The van der Waals surface area contributed by atoms with Gasteiger partial charge in [-0.15, -0.1) is 10.2 Å². The molecular formula is C12H13N3OS2. The lowest BCUT2D eigenvalue weighted by atomic mass is 10.1. The van der Waals surface area contributed by atoms with Gasteiger partial charge in [0.25, 0.3) is 0 Å². The number of hydrogen-bond donors (Lipinski definition) is 1. The van der Waals surface area contributed by atoms with Crippen LogP contribution >= 0.6 is 23.1 Å². The van der Waals surface area contributed by atoms with Crippen LogP contribution in [0.15, 0.2) is 28.0 Å². The number of anilines is 1. The fourth-order valence-corrected chi connectivity index (χ4v) is 2.83. The van der Waals surface area contributed by atoms with Gasteiger partial charge in [-0.25, -0.2) is 0 Å². The van der Waals surface area contributed by atoms with Crippen LogP contribution in [0.2, 0.25) is 0 Å². The third kappa shape index (κ3) is 3.30. The quantitative estimate of drug-likeness (QED) is 0.874. The number of nitrogens with zero attached hydrogens (tertiary/aromatic N) is 2. The van der Waals surface area contributed by atoms with Crippen LogP contribution < -0.4 is 5.32 Å². The number of carbonyl (C=O) groups excluding carboxylic acids is 1. The van der Waals surface area contributed by atoms with Crippen LogP contribution in [0.5, 0.6) is 0 Å². The molecule has 0 fully saturated rings. The largest absolute Gasteiger partial charge is 0.325 e. The molecule has 0 saturated carbocycles. The van der Waals surface area contributed by atoms with E-state index in [1.165, 1.54) is 23.1 Å². The molecule has 0 aliphatic carbocycles. The number of amides is 1. The van der Waals surface area contributed by atoms with Crippen molar-refractivity contribution in [3.05, 3.63) is 34.8 Å². The molecule has 1 N–H and O–H groups in total. The third-order valence-corrected chi connectivity index (χ3v) is 4.27. The van der Waals surface area contributed by atoms with E-state index in [0.29, 0.717) is 5.75 Å². The molecule has 1 heterocycles. The Hall–Kier alpha value is -1.40. The van der Waals surface area contributed by atoms with Crippen molar-refractivity contribution >= 4 is 34.7 Å². The first-order chi connectivity index (χ1) is 8.66. The summed E-state index contributed by atoms with van der Waals surface area (Å²) in [5, 5.41) is 10.5. The molecule has 94 valence electrons. The number of carbonyl (C=O) groups is 1. The van der Waals surface area contributed by atoms with Gasteiger partial charge >= 0.3 is 0 Å². The van der Waals surface area contributed by atoms with Gasteiger partial charge in [0.05, 0.1) is 5.75 Å². The van der Waals surface area contributed by atoms with E-state index < -0.39 is 0 Å². The van der Waals surface area contributed by atoms with E-state index in [-0.39, 0.29) is 5.91 Å². The monoisotopic (exact) mass is 279 g/mol. The maximum absolute atomic E-state index is 11.8. The van der Waals surface area contributed by atoms with Crippen molar-refractivity contribution in [3.8, 4) is 0 Å². The highest BCUT2D eigenvalue weighted by molar-refractivity contribution is 8.01. The maximum Gasteiger partial charge on any atom is 0.234 e. The lowest BCUT2D eigenvalue weighted by Gasteiger charge is -2.10. The van der Waals surface area contributed by atoms with Crippen molar-refractivity contribution in [1.82, 2.24) is 10.2 Å². The van der Waals surface area contributed by atoms with Crippen LogP contribution in [-0.2, 0) is 4.79 Å². The number of thioether (sulfide) groups is 1. The predicted octanol–water partition coefficient (Wildman–Crippen LogP) is 2.89. The number of nitrogens with one attached hydrogen (secondary N) is 1. The number of aryl methyl sites for hydroxylation is 2. The number of para-hydroxylation sites is 1. The van der Waals surface area contributed by atoms with Gasteiger partial charge in [0.2, 0.25) is 5.91 Å². The van der Waals surface area contributed by atoms with Gasteiger partial charge in [0, 0.05) is 5.69 Å². The zero-order valence-corrected chi connectivity index (χ0v) is 11.8. The van der Waals surface area contributed by atoms with Gasteiger partial charge < -0.3 is 5.32 Å². The molecule has 0 radical (unpaired) electrons. The average molecular weight is 279 g/mol. The smallest absolute Gasteiger partial charge is 0.234 e. The molecule has 0 bridgehead atoms. The van der Waals surface area contributed by atoms with Crippen molar-refractivity contribution in [1.29, 1.82) is 0 Å². The molecule has 2 rings (SSSR count). The van der Waals surface area contributed by atoms with E-state index in [4.69, 9.17) is 0 Å². The van der Waals surface area contributed by atoms with Gasteiger partial charge in [-0.1, -0.05) is 41.3 Å². The highest BCUT2D eigenvalue weighted by Crippen LogP contribution is 2.22. The number of hydrogen-bond acceptors (Lipinski definition) is 5. The normalized spacial score (nSPS) is 10.3. The molecule has 0 unspecified atom stereocenters. The van der Waals surface area contributed by atoms with E-state index in [2.05, 4.69) is 15.5 Å². The standard InChI is InChI=1S/C12H13N3OS2/c1-8-4-3-5-9(2)11(8)14-10(16)6-17-12-15-13-7-18-12/h3-5,7H,6H2,1-2H3,(H,14,16). The minimum absolute atomic E-state index is 0.0207. The molecule has 6 heteroatoms. The first-order valence-electron chi connectivity index (χ1n) is 5.42. The minimum atomic E-state index is -0.0207. The summed E-state index contributed by atoms with van der Waals surface area (Å²) in [6, 6.07) is 5.96. The Bertz CT molecular complexity index is 520. The minimum Gasteiger partial charge on any atom is -0.325 e. The van der Waals surface area contributed by atoms with E-state index in [0.717, 1.165) is 21.2 Å². The van der Waals surface area contributed by atoms with Crippen LogP contribution in [-0.4, -0.2) is 21.9 Å². The molecule has 4 nitrogen and oxygen atoms in total. The molecule has 18 heavy (non-hydrogen) atoms. The Morgan fingerprint density at radius 3 is 2.72 bits per heavy atom. The van der Waals surface area contributed by atoms with E-state index >= 15 is 0 Å². The van der Waals surface area contributed by atoms with Crippen molar-refractivity contribution in [2.45, 2.75) is 18.2 Å². The molecule has 0 saturated heterocycles. The van der Waals surface area contributed by atoms with E-state index in [9.17, 15) is 4.79 Å². The second kappa shape index (κ2) is 5.97. The molecule has 1 amide bonds. The molecule has 0 spiro atoms. The zero-order chi connectivity index (χ0) is 13.0. The predicted molar refractivity (Wildman–Crippen MR) is 75.2 cm³/mol. The fourth-order valence-electron chi connectivity index (χ4n) is 1.54. The van der Waals surface area contributed by atoms with Crippen molar-refractivity contribution in [2.24, 2.45) is 0 Å². The maximum atomic E-state index is 11.8. The summed E-state index contributed by atoms with van der Waals surface area (Å²) in [6.45, 7) is 3.97. The zero-order valence-electron chi connectivity index (χ0n) is 10.1. The lowest BCUT2D eigenvalue weighted by molar-refractivity contribution is -0.113. The van der Waals surface area contributed by atoms with Crippen LogP contribution in [0.3, 0.4) is 0 Å². The van der Waals surface area contributed by atoms with Gasteiger partial charge in [0.1, 0.15) is 5.51 Å². The first kappa shape index (κ1) is 13.0. The van der Waals surface area contributed by atoms with Gasteiger partial charge in [-0.3, -0.25) is 4.79 Å². The van der Waals surface area contributed by atoms with Crippen LogP contribution in [0.25, 0.3) is 0 Å². The van der Waals surface area contributed by atoms with Crippen molar-refractivity contribution in [3.63, 3.8) is 0 Å². The summed E-state index contributed by atoms with van der Waals surface area (Å²) in [7, 11) is 0. The second-order valence-corrected chi connectivity index (χ2v) is 5.86. The molecular weight excluding hydrogens is 266 g/mol. The Morgan fingerprint density at radius 2 is 2.11 bits per heavy atom. The molecule has 1 aromatic carbocycles. The number of aromatic nitrogens is 2. The Labute approximate surface area is 114 Å². The number of rotatable bonds is 4. The molecule has 2 aromatic rings. The Balaban J connectivity index is 1.95. The molecule has 0 aliphatic rings. The fraction of sp³-hybridized carbons (Fsp3) is 0.250. The topological polar surface area (TPSA) is 54.9 Å². The molecule has 0 aliphatic heterocycles. The Kier molecular flexibility index (Phi) is 4.33. The molecule has 1 aromatic heterocycles. The first-order valence-corrected chi connectivity index (χ1v) is 7.28. The summed E-state index contributed by atoms with van der Waals surface area (Å²) in [5.74, 6) is 0.329. The summed E-state index contributed by atoms with van der Waals surface area (Å²) in [4.78, 5) is 11.8. The highest BCUT2D eigenvalue weighted by atomic mass is 32.2. The van der Waals surface area contributed by atoms with Gasteiger partial charge in [-0.05, 0) is 25.0 Å². The lowest BCUT2D eigenvalue weighted by Crippen LogP contribution is -2.15. The van der Waals surface area contributed by atoms with Crippen molar-refractivity contribution in [2.75, 3.05) is 11.1 Å². The average Bonchev–Trinajstić information content (AvgIpc) is 2.84. The highest BCUT2D eigenvalue weighted by Gasteiger charge is 2.08. The summed E-state index contributed by atoms with van der Waals surface area (Å²) in [5.41, 5.74) is 4.71. The van der Waals surface area contributed by atoms with Crippen LogP contribution in [0.4, 0.5) is 5.69 Å².